The largest absolute Gasteiger partial charge is 0.484 e. The van der Waals surface area contributed by atoms with Crippen molar-refractivity contribution in [3.05, 3.63) is 23.5 Å². The Morgan fingerprint density at radius 2 is 2.13 bits per heavy atom. The fourth-order valence-electron chi connectivity index (χ4n) is 1.73. The molecule has 0 saturated carbocycles. The molecule has 2 rings (SSSR count). The Bertz CT molecular complexity index is 440. The minimum Gasteiger partial charge on any atom is -0.484 e. The number of carbonyl (C=O) groups excluding carboxylic acids is 1. The van der Waals surface area contributed by atoms with Crippen molar-refractivity contribution < 1.29 is 13.9 Å². The molecule has 1 heterocycles. The number of nitrogens with two attached hydrogens (primary N) is 1. The van der Waals surface area contributed by atoms with Crippen molar-refractivity contribution in [3.8, 4) is 5.75 Å². The van der Waals surface area contributed by atoms with Crippen molar-refractivity contribution in [3.63, 3.8) is 0 Å². The number of nitrogen functional groups attached to an aromatic ring is 1. The molecule has 1 aromatic rings. The highest BCUT2D eigenvalue weighted by molar-refractivity contribution is 6.01. The lowest BCUT2D eigenvalue weighted by Crippen LogP contribution is -2.36. The summed E-state index contributed by atoms with van der Waals surface area (Å²) in [6, 6.07) is 2.33. The van der Waals surface area contributed by atoms with Gasteiger partial charge in [0.05, 0.1) is 17.7 Å². The van der Waals surface area contributed by atoms with Crippen LogP contribution in [0.4, 0.5) is 10.1 Å². The molecule has 0 aromatic heterocycles. The number of hydrogen-bond donors (Lipinski definition) is 1. The van der Waals surface area contributed by atoms with Crippen LogP contribution in [0.1, 0.15) is 30.6 Å². The van der Waals surface area contributed by atoms with E-state index in [0.717, 1.165) is 6.07 Å². The molecule has 1 aromatic carbocycles. The molecule has 2 N–H and O–H groups in total. The Balaban J connectivity index is 2.60. The van der Waals surface area contributed by atoms with E-state index in [1.807, 2.05) is 0 Å². The first-order valence-corrected chi connectivity index (χ1v) is 4.70. The van der Waals surface area contributed by atoms with Crippen LogP contribution in [-0.4, -0.2) is 11.4 Å². The highest BCUT2D eigenvalue weighted by Crippen LogP contribution is 2.37. The molecule has 0 radical (unpaired) electrons. The highest BCUT2D eigenvalue weighted by atomic mass is 19.1. The van der Waals surface area contributed by atoms with Gasteiger partial charge in [0.15, 0.2) is 11.5 Å². The number of anilines is 1. The van der Waals surface area contributed by atoms with Crippen LogP contribution in [0.25, 0.3) is 0 Å². The molecule has 0 spiro atoms. The fraction of sp³-hybridized carbons (Fsp3) is 0.364. The van der Waals surface area contributed by atoms with E-state index in [9.17, 15) is 9.18 Å². The summed E-state index contributed by atoms with van der Waals surface area (Å²) in [7, 11) is 0. The highest BCUT2D eigenvalue weighted by Gasteiger charge is 2.34. The van der Waals surface area contributed by atoms with E-state index in [1.165, 1.54) is 6.07 Å². The summed E-state index contributed by atoms with van der Waals surface area (Å²) in [4.78, 5) is 11.7. The predicted octanol–water partition coefficient (Wildman–Crippen LogP) is 2.15. The molecule has 0 unspecified atom stereocenters. The molecule has 80 valence electrons. The van der Waals surface area contributed by atoms with Gasteiger partial charge in [-0.05, 0) is 19.9 Å². The summed E-state index contributed by atoms with van der Waals surface area (Å²) in [6.07, 6.45) is 0.239. The number of benzene rings is 1. The molecule has 15 heavy (non-hydrogen) atoms. The zero-order valence-electron chi connectivity index (χ0n) is 8.63. The lowest BCUT2D eigenvalue weighted by molar-refractivity contribution is 0.0623. The minimum atomic E-state index is -0.573. The van der Waals surface area contributed by atoms with E-state index in [-0.39, 0.29) is 23.5 Å². The van der Waals surface area contributed by atoms with Crippen molar-refractivity contribution in [2.24, 2.45) is 0 Å². The van der Waals surface area contributed by atoms with E-state index in [4.69, 9.17) is 10.5 Å². The molecular formula is C11H12FNO2. The van der Waals surface area contributed by atoms with E-state index in [2.05, 4.69) is 0 Å². The molecule has 0 aliphatic carbocycles. The van der Waals surface area contributed by atoms with Crippen LogP contribution >= 0.6 is 0 Å². The van der Waals surface area contributed by atoms with Crippen LogP contribution in [0, 0.1) is 5.82 Å². The average molecular weight is 209 g/mol. The van der Waals surface area contributed by atoms with Crippen molar-refractivity contribution >= 4 is 11.5 Å². The van der Waals surface area contributed by atoms with Gasteiger partial charge in [-0.25, -0.2) is 4.39 Å². The third-order valence-electron chi connectivity index (χ3n) is 2.35. The number of ketones is 1. The second-order valence-electron chi connectivity index (χ2n) is 4.33. The maximum absolute atomic E-state index is 13.0. The summed E-state index contributed by atoms with van der Waals surface area (Å²) in [6.45, 7) is 3.60. The number of Topliss-reactive ketones (excluding diaryl/α,β-unsaturated/α-hetero) is 1. The predicted molar refractivity (Wildman–Crippen MR) is 54.5 cm³/mol. The summed E-state index contributed by atoms with van der Waals surface area (Å²) < 4.78 is 18.6. The Morgan fingerprint density at radius 1 is 1.47 bits per heavy atom. The zero-order valence-corrected chi connectivity index (χ0v) is 8.63. The van der Waals surface area contributed by atoms with Crippen LogP contribution in [0.3, 0.4) is 0 Å². The molecule has 3 nitrogen and oxygen atoms in total. The lowest BCUT2D eigenvalue weighted by atomic mass is 9.92. The standard InChI is InChI=1S/C11H12FNO2/c1-11(2)5-9(14)7-3-6(12)4-8(13)10(7)15-11/h3-4H,5,13H2,1-2H3. The third-order valence-corrected chi connectivity index (χ3v) is 2.35. The third kappa shape index (κ3) is 1.67. The van der Waals surface area contributed by atoms with Crippen molar-refractivity contribution in [1.82, 2.24) is 0 Å². The molecular weight excluding hydrogens is 197 g/mol. The molecule has 4 heteroatoms. The maximum Gasteiger partial charge on any atom is 0.170 e. The Labute approximate surface area is 87.0 Å². The fourth-order valence-corrected chi connectivity index (χ4v) is 1.73. The first kappa shape index (κ1) is 9.96. The van der Waals surface area contributed by atoms with Gasteiger partial charge in [-0.1, -0.05) is 0 Å². The normalized spacial score (nSPS) is 18.2. The Morgan fingerprint density at radius 3 is 2.80 bits per heavy atom. The summed E-state index contributed by atoms with van der Waals surface area (Å²) in [5.74, 6) is -0.340. The van der Waals surface area contributed by atoms with E-state index in [0.29, 0.717) is 5.75 Å². The summed E-state index contributed by atoms with van der Waals surface area (Å²) >= 11 is 0. The van der Waals surface area contributed by atoms with Gasteiger partial charge >= 0.3 is 0 Å². The quantitative estimate of drug-likeness (QED) is 0.666. The van der Waals surface area contributed by atoms with Gasteiger partial charge in [-0.15, -0.1) is 0 Å². The van der Waals surface area contributed by atoms with Crippen LogP contribution in [0.2, 0.25) is 0 Å². The molecule has 1 aliphatic heterocycles. The van der Waals surface area contributed by atoms with Crippen molar-refractivity contribution in [2.45, 2.75) is 25.9 Å². The van der Waals surface area contributed by atoms with Gasteiger partial charge in [0.25, 0.3) is 0 Å². The Hall–Kier alpha value is -1.58. The number of halogens is 1. The van der Waals surface area contributed by atoms with Crippen LogP contribution in [-0.2, 0) is 0 Å². The average Bonchev–Trinajstić information content (AvgIpc) is 2.06. The second kappa shape index (κ2) is 2.95. The SMILES string of the molecule is CC1(C)CC(=O)c2cc(F)cc(N)c2O1. The number of fused-ring (bicyclic) bond motifs is 1. The van der Waals surface area contributed by atoms with Crippen LogP contribution in [0.5, 0.6) is 5.75 Å². The first-order chi connectivity index (χ1) is 6.89. The van der Waals surface area contributed by atoms with Crippen molar-refractivity contribution in [1.29, 1.82) is 0 Å². The first-order valence-electron chi connectivity index (χ1n) is 4.70. The molecule has 1 aliphatic rings. The van der Waals surface area contributed by atoms with Gasteiger partial charge in [0, 0.05) is 6.07 Å². The van der Waals surface area contributed by atoms with E-state index in [1.54, 1.807) is 13.8 Å². The lowest BCUT2D eigenvalue weighted by Gasteiger charge is -2.32. The molecule has 0 saturated heterocycles. The van der Waals surface area contributed by atoms with Gasteiger partial charge in [-0.3, -0.25) is 4.79 Å². The monoisotopic (exact) mass is 209 g/mol. The topological polar surface area (TPSA) is 52.3 Å². The van der Waals surface area contributed by atoms with Gasteiger partial charge in [0.1, 0.15) is 11.4 Å². The maximum atomic E-state index is 13.0. The molecule has 0 atom stereocenters. The van der Waals surface area contributed by atoms with Crippen LogP contribution in [0.15, 0.2) is 12.1 Å². The van der Waals surface area contributed by atoms with Crippen molar-refractivity contribution in [2.75, 3.05) is 5.73 Å². The number of ether oxygens (including phenoxy) is 1. The Kier molecular flexibility index (Phi) is 1.96. The molecule has 0 fully saturated rings. The second-order valence-corrected chi connectivity index (χ2v) is 4.33. The van der Waals surface area contributed by atoms with Crippen LogP contribution < -0.4 is 10.5 Å². The smallest absolute Gasteiger partial charge is 0.170 e. The van der Waals surface area contributed by atoms with Gasteiger partial charge in [-0.2, -0.15) is 0 Å². The summed E-state index contributed by atoms with van der Waals surface area (Å²) in [5, 5.41) is 0. The van der Waals surface area contributed by atoms with Gasteiger partial charge < -0.3 is 10.5 Å². The minimum absolute atomic E-state index is 0.132. The number of hydrogen-bond acceptors (Lipinski definition) is 3. The van der Waals surface area contributed by atoms with E-state index >= 15 is 0 Å². The van der Waals surface area contributed by atoms with E-state index < -0.39 is 11.4 Å². The number of carbonyl (C=O) groups is 1. The molecule has 0 amide bonds. The number of rotatable bonds is 0. The summed E-state index contributed by atoms with van der Waals surface area (Å²) in [5.41, 5.74) is 5.45. The molecule has 0 bridgehead atoms. The van der Waals surface area contributed by atoms with Gasteiger partial charge in [0.2, 0.25) is 0 Å². The zero-order chi connectivity index (χ0) is 11.2.